The summed E-state index contributed by atoms with van der Waals surface area (Å²) >= 11 is 0. The largest absolute Gasteiger partial charge is 0.465 e. The summed E-state index contributed by atoms with van der Waals surface area (Å²) in [4.78, 5) is 27.3. The molecular formula is C47H90N2O4. The van der Waals surface area contributed by atoms with Crippen LogP contribution in [0.4, 0.5) is 0 Å². The van der Waals surface area contributed by atoms with Gasteiger partial charge in [0.25, 0.3) is 0 Å². The Morgan fingerprint density at radius 3 is 1.13 bits per heavy atom. The molecule has 0 aromatic rings. The van der Waals surface area contributed by atoms with E-state index in [0.717, 1.165) is 51.4 Å². The van der Waals surface area contributed by atoms with Gasteiger partial charge in [-0.25, -0.2) is 0 Å². The Morgan fingerprint density at radius 2 is 0.811 bits per heavy atom. The van der Waals surface area contributed by atoms with Crippen LogP contribution >= 0.6 is 0 Å². The van der Waals surface area contributed by atoms with Crippen LogP contribution in [-0.2, 0) is 19.1 Å². The second-order valence-corrected chi connectivity index (χ2v) is 18.4. The average molecular weight is 747 g/mol. The van der Waals surface area contributed by atoms with Gasteiger partial charge in [-0.3, -0.25) is 20.2 Å². The smallest absolute Gasteiger partial charge is 0.320 e. The van der Waals surface area contributed by atoms with Gasteiger partial charge < -0.3 is 9.47 Å². The molecule has 2 fully saturated rings. The maximum Gasteiger partial charge on any atom is 0.320 e. The van der Waals surface area contributed by atoms with E-state index in [1.165, 1.54) is 154 Å². The van der Waals surface area contributed by atoms with Crippen molar-refractivity contribution in [2.45, 2.75) is 264 Å². The minimum absolute atomic E-state index is 0.0962. The number of rotatable bonds is 33. The molecule has 1 spiro atoms. The standard InChI is InChI=1S/C47H90N2O4/c1-7-9-11-13-15-17-19-21-23-25-27-29-31-33-38-52-43(50)42(41-36-35-37-47(40-41)48-45(3,4)46(5,6)49-47)44(51)53-39-34-32-30-28-26-24-22-20-18-16-14-12-10-8-2/h41-42,48-49H,7-40H2,1-6H3. The Bertz CT molecular complexity index is 872. The summed E-state index contributed by atoms with van der Waals surface area (Å²) in [6.07, 6.45) is 39.8. The highest BCUT2D eigenvalue weighted by atomic mass is 16.6. The second-order valence-electron chi connectivity index (χ2n) is 18.4. The first kappa shape index (κ1) is 48.0. The van der Waals surface area contributed by atoms with Gasteiger partial charge in [0.15, 0.2) is 5.92 Å². The van der Waals surface area contributed by atoms with E-state index < -0.39 is 5.92 Å². The highest BCUT2D eigenvalue weighted by Crippen LogP contribution is 2.43. The van der Waals surface area contributed by atoms with Crippen molar-refractivity contribution in [1.29, 1.82) is 0 Å². The lowest BCUT2D eigenvalue weighted by Gasteiger charge is -2.41. The Labute approximate surface area is 329 Å². The van der Waals surface area contributed by atoms with Crippen molar-refractivity contribution in [3.63, 3.8) is 0 Å². The van der Waals surface area contributed by atoms with Crippen LogP contribution in [0.1, 0.15) is 247 Å². The number of esters is 2. The Hall–Kier alpha value is -1.14. The van der Waals surface area contributed by atoms with E-state index in [9.17, 15) is 9.59 Å². The minimum Gasteiger partial charge on any atom is -0.465 e. The number of hydrogen-bond donors (Lipinski definition) is 2. The maximum atomic E-state index is 13.7. The van der Waals surface area contributed by atoms with Crippen LogP contribution in [0.3, 0.4) is 0 Å². The lowest BCUT2D eigenvalue weighted by atomic mass is 9.74. The highest BCUT2D eigenvalue weighted by molar-refractivity contribution is 5.95. The summed E-state index contributed by atoms with van der Waals surface area (Å²) in [5.41, 5.74) is -0.488. The van der Waals surface area contributed by atoms with Crippen molar-refractivity contribution in [2.75, 3.05) is 13.2 Å². The number of carbonyl (C=O) groups excluding carboxylic acids is 2. The van der Waals surface area contributed by atoms with Crippen molar-refractivity contribution in [2.24, 2.45) is 11.8 Å². The number of ether oxygens (including phenoxy) is 2. The third-order valence-electron chi connectivity index (χ3n) is 12.9. The fourth-order valence-corrected chi connectivity index (χ4v) is 8.97. The van der Waals surface area contributed by atoms with Crippen LogP contribution < -0.4 is 10.6 Å². The van der Waals surface area contributed by atoms with Crippen LogP contribution in [-0.4, -0.2) is 41.9 Å². The molecule has 6 heteroatoms. The number of hydrogen-bond acceptors (Lipinski definition) is 6. The van der Waals surface area contributed by atoms with E-state index in [0.29, 0.717) is 13.2 Å². The number of unbranched alkanes of at least 4 members (excludes halogenated alkanes) is 26. The predicted molar refractivity (Wildman–Crippen MR) is 225 cm³/mol. The molecule has 1 heterocycles. The Morgan fingerprint density at radius 1 is 0.509 bits per heavy atom. The molecule has 1 aliphatic heterocycles. The zero-order chi connectivity index (χ0) is 38.7. The molecule has 312 valence electrons. The Balaban J connectivity index is 1.71. The SMILES string of the molecule is CCCCCCCCCCCCCCCCOC(=O)C(C(=O)OCCCCCCCCCCCCCCCC)C1CCCC2(C1)NC(C)(C)C(C)(C)N2. The van der Waals surface area contributed by atoms with Gasteiger partial charge in [-0.1, -0.05) is 181 Å². The minimum atomic E-state index is -0.846. The van der Waals surface area contributed by atoms with E-state index in [4.69, 9.17) is 9.47 Å². The van der Waals surface area contributed by atoms with Crippen molar-refractivity contribution < 1.29 is 19.1 Å². The molecule has 53 heavy (non-hydrogen) atoms. The first-order valence-electron chi connectivity index (χ1n) is 23.5. The lowest BCUT2D eigenvalue weighted by Crippen LogP contribution is -2.56. The van der Waals surface area contributed by atoms with Crippen molar-refractivity contribution >= 4 is 11.9 Å². The van der Waals surface area contributed by atoms with E-state index >= 15 is 0 Å². The summed E-state index contributed by atoms with van der Waals surface area (Å²) in [6.45, 7) is 14.3. The summed E-state index contributed by atoms with van der Waals surface area (Å²) in [6, 6.07) is 0. The molecule has 0 aromatic heterocycles. The molecule has 2 aliphatic rings. The predicted octanol–water partition coefficient (Wildman–Crippen LogP) is 13.3. The molecule has 2 rings (SSSR count). The van der Waals surface area contributed by atoms with Gasteiger partial charge >= 0.3 is 11.9 Å². The molecule has 0 amide bonds. The highest BCUT2D eigenvalue weighted by Gasteiger charge is 2.56. The molecule has 0 radical (unpaired) electrons. The fourth-order valence-electron chi connectivity index (χ4n) is 8.97. The molecule has 6 nitrogen and oxygen atoms in total. The first-order valence-corrected chi connectivity index (χ1v) is 23.5. The van der Waals surface area contributed by atoms with Crippen LogP contribution in [0.5, 0.6) is 0 Å². The van der Waals surface area contributed by atoms with Gasteiger partial charge in [-0.15, -0.1) is 0 Å². The third kappa shape index (κ3) is 20.0. The monoisotopic (exact) mass is 747 g/mol. The summed E-state index contributed by atoms with van der Waals surface area (Å²) in [7, 11) is 0. The zero-order valence-corrected chi connectivity index (χ0v) is 36.3. The van der Waals surface area contributed by atoms with E-state index in [2.05, 4.69) is 52.2 Å². The fraction of sp³-hybridized carbons (Fsp3) is 0.957. The quantitative estimate of drug-likeness (QED) is 0.0396. The number of nitrogens with one attached hydrogen (secondary N) is 2. The van der Waals surface area contributed by atoms with Crippen LogP contribution in [0.15, 0.2) is 0 Å². The molecule has 1 saturated carbocycles. The maximum absolute atomic E-state index is 13.7. The molecule has 2 N–H and O–H groups in total. The Kier molecular flexibility index (Phi) is 25.6. The van der Waals surface area contributed by atoms with E-state index in [1.807, 2.05) is 0 Å². The molecular weight excluding hydrogens is 657 g/mol. The third-order valence-corrected chi connectivity index (χ3v) is 12.9. The molecule has 1 atom stereocenters. The summed E-state index contributed by atoms with van der Waals surface area (Å²) in [5, 5.41) is 7.77. The number of carbonyl (C=O) groups is 2. The van der Waals surface area contributed by atoms with Gasteiger partial charge in [0.1, 0.15) is 0 Å². The molecule has 0 bridgehead atoms. The molecule has 1 unspecified atom stereocenters. The molecule has 0 aromatic carbocycles. The second kappa shape index (κ2) is 28.3. The van der Waals surface area contributed by atoms with E-state index in [1.54, 1.807) is 0 Å². The summed E-state index contributed by atoms with van der Waals surface area (Å²) in [5.74, 6) is -1.68. The topological polar surface area (TPSA) is 76.7 Å². The average Bonchev–Trinajstić information content (AvgIpc) is 3.29. The van der Waals surface area contributed by atoms with Crippen LogP contribution in [0.25, 0.3) is 0 Å². The van der Waals surface area contributed by atoms with Crippen molar-refractivity contribution in [1.82, 2.24) is 10.6 Å². The zero-order valence-electron chi connectivity index (χ0n) is 36.3. The van der Waals surface area contributed by atoms with Gasteiger partial charge in [0.2, 0.25) is 0 Å². The normalized spacial score (nSPS) is 18.9. The summed E-state index contributed by atoms with van der Waals surface area (Å²) < 4.78 is 11.7. The first-order chi connectivity index (χ1) is 25.6. The van der Waals surface area contributed by atoms with Gasteiger partial charge in [0.05, 0.1) is 18.9 Å². The lowest BCUT2D eigenvalue weighted by molar-refractivity contribution is -0.166. The molecule has 1 saturated heterocycles. The van der Waals surface area contributed by atoms with Gasteiger partial charge in [-0.05, 0) is 72.1 Å². The van der Waals surface area contributed by atoms with Gasteiger partial charge in [0, 0.05) is 11.1 Å². The van der Waals surface area contributed by atoms with Crippen molar-refractivity contribution in [3.05, 3.63) is 0 Å². The van der Waals surface area contributed by atoms with E-state index in [-0.39, 0.29) is 34.6 Å². The van der Waals surface area contributed by atoms with Crippen LogP contribution in [0, 0.1) is 11.8 Å². The molecule has 1 aliphatic carbocycles. The van der Waals surface area contributed by atoms with Gasteiger partial charge in [-0.2, -0.15) is 0 Å². The van der Waals surface area contributed by atoms with Crippen LogP contribution in [0.2, 0.25) is 0 Å². The van der Waals surface area contributed by atoms with Crippen molar-refractivity contribution in [3.8, 4) is 0 Å².